The van der Waals surface area contributed by atoms with Crippen molar-refractivity contribution >= 4 is 11.7 Å². The zero-order chi connectivity index (χ0) is 19.6. The second kappa shape index (κ2) is 11.3. The van der Waals surface area contributed by atoms with Crippen molar-refractivity contribution in [2.45, 2.75) is 65.6 Å². The van der Waals surface area contributed by atoms with Gasteiger partial charge in [0.1, 0.15) is 0 Å². The average molecular weight is 378 g/mol. The molecule has 0 unspecified atom stereocenters. The van der Waals surface area contributed by atoms with Crippen molar-refractivity contribution in [3.05, 3.63) is 29.3 Å². The van der Waals surface area contributed by atoms with Gasteiger partial charge in [0, 0.05) is 37.9 Å². The SMILES string of the molecule is CCCCOC(OCCCC)C1CCN(c2ccc(C(=O)O)c(C)c2)CC1. The van der Waals surface area contributed by atoms with Crippen LogP contribution in [0.15, 0.2) is 18.2 Å². The topological polar surface area (TPSA) is 59.0 Å². The van der Waals surface area contributed by atoms with E-state index in [0.29, 0.717) is 11.5 Å². The van der Waals surface area contributed by atoms with E-state index < -0.39 is 5.97 Å². The summed E-state index contributed by atoms with van der Waals surface area (Å²) in [6.45, 7) is 9.63. The number of unbranched alkanes of at least 4 members (excludes halogenated alkanes) is 2. The minimum absolute atomic E-state index is 0.0960. The number of rotatable bonds is 11. The van der Waals surface area contributed by atoms with Crippen molar-refractivity contribution in [2.24, 2.45) is 5.92 Å². The highest BCUT2D eigenvalue weighted by molar-refractivity contribution is 5.89. The Morgan fingerprint density at radius 3 is 2.22 bits per heavy atom. The number of aryl methyl sites for hydroxylation is 1. The number of nitrogens with zero attached hydrogens (tertiary/aromatic N) is 1. The zero-order valence-corrected chi connectivity index (χ0v) is 17.1. The summed E-state index contributed by atoms with van der Waals surface area (Å²) in [6.07, 6.45) is 6.37. The number of carbonyl (C=O) groups is 1. The second-order valence-electron chi connectivity index (χ2n) is 7.45. The van der Waals surface area contributed by atoms with E-state index in [1.807, 2.05) is 19.1 Å². The first-order valence-electron chi connectivity index (χ1n) is 10.4. The van der Waals surface area contributed by atoms with Crippen LogP contribution in [0.25, 0.3) is 0 Å². The third-order valence-electron chi connectivity index (χ3n) is 5.29. The van der Waals surface area contributed by atoms with Gasteiger partial charge < -0.3 is 19.5 Å². The van der Waals surface area contributed by atoms with Gasteiger partial charge in [-0.05, 0) is 56.4 Å². The fourth-order valence-electron chi connectivity index (χ4n) is 3.52. The Kier molecular flexibility index (Phi) is 9.08. The molecule has 0 amide bonds. The lowest BCUT2D eigenvalue weighted by atomic mass is 9.95. The number of piperidine rings is 1. The predicted octanol–water partition coefficient (Wildman–Crippen LogP) is 4.87. The molecule has 0 aromatic heterocycles. The summed E-state index contributed by atoms with van der Waals surface area (Å²) in [4.78, 5) is 13.5. The van der Waals surface area contributed by atoms with Crippen molar-refractivity contribution in [2.75, 3.05) is 31.2 Å². The molecule has 5 heteroatoms. The summed E-state index contributed by atoms with van der Waals surface area (Å²) in [5, 5.41) is 9.20. The molecule has 152 valence electrons. The third-order valence-corrected chi connectivity index (χ3v) is 5.29. The third kappa shape index (κ3) is 6.51. The molecular weight excluding hydrogens is 342 g/mol. The fourth-order valence-corrected chi connectivity index (χ4v) is 3.52. The molecule has 5 nitrogen and oxygen atoms in total. The Balaban J connectivity index is 1.92. The van der Waals surface area contributed by atoms with Crippen molar-refractivity contribution in [1.29, 1.82) is 0 Å². The molecule has 1 N–H and O–H groups in total. The van der Waals surface area contributed by atoms with Gasteiger partial charge in [-0.1, -0.05) is 26.7 Å². The van der Waals surface area contributed by atoms with Crippen LogP contribution >= 0.6 is 0 Å². The van der Waals surface area contributed by atoms with Gasteiger partial charge in [-0.15, -0.1) is 0 Å². The highest BCUT2D eigenvalue weighted by atomic mass is 16.7. The number of anilines is 1. The first-order chi connectivity index (χ1) is 13.1. The maximum Gasteiger partial charge on any atom is 0.335 e. The fraction of sp³-hybridized carbons (Fsp3) is 0.682. The lowest BCUT2D eigenvalue weighted by molar-refractivity contribution is -0.177. The Morgan fingerprint density at radius 1 is 1.15 bits per heavy atom. The van der Waals surface area contributed by atoms with Crippen LogP contribution in [0, 0.1) is 12.8 Å². The Morgan fingerprint density at radius 2 is 1.74 bits per heavy atom. The van der Waals surface area contributed by atoms with Crippen LogP contribution in [0.1, 0.15) is 68.3 Å². The number of carboxylic acid groups (broad SMARTS) is 1. The molecule has 0 bridgehead atoms. The second-order valence-corrected chi connectivity index (χ2v) is 7.45. The Bertz CT molecular complexity index is 572. The molecule has 1 aromatic rings. The maximum absolute atomic E-state index is 11.2. The lowest BCUT2D eigenvalue weighted by Gasteiger charge is -2.37. The summed E-state index contributed by atoms with van der Waals surface area (Å²) in [5.74, 6) is -0.441. The quantitative estimate of drug-likeness (QED) is 0.440. The number of hydrogen-bond acceptors (Lipinski definition) is 4. The van der Waals surface area contributed by atoms with Crippen LogP contribution in [0.3, 0.4) is 0 Å². The monoisotopic (exact) mass is 377 g/mol. The van der Waals surface area contributed by atoms with Crippen LogP contribution in [0.4, 0.5) is 5.69 Å². The van der Waals surface area contributed by atoms with Crippen molar-refractivity contribution in [3.8, 4) is 0 Å². The summed E-state index contributed by atoms with van der Waals surface area (Å²) in [6, 6.07) is 5.62. The predicted molar refractivity (Wildman–Crippen MR) is 109 cm³/mol. The molecule has 1 aliphatic heterocycles. The van der Waals surface area contributed by atoms with E-state index in [4.69, 9.17) is 9.47 Å². The molecule has 0 atom stereocenters. The van der Waals surface area contributed by atoms with Crippen LogP contribution in [-0.2, 0) is 9.47 Å². The van der Waals surface area contributed by atoms with Crippen LogP contribution in [0.5, 0.6) is 0 Å². The highest BCUT2D eigenvalue weighted by Gasteiger charge is 2.28. The molecule has 1 fully saturated rings. The first kappa shape index (κ1) is 21.7. The molecule has 1 saturated heterocycles. The molecule has 27 heavy (non-hydrogen) atoms. The summed E-state index contributed by atoms with van der Waals surface area (Å²) in [5.41, 5.74) is 2.29. The van der Waals surface area contributed by atoms with E-state index in [1.54, 1.807) is 6.07 Å². The summed E-state index contributed by atoms with van der Waals surface area (Å²) in [7, 11) is 0. The number of carboxylic acids is 1. The van der Waals surface area contributed by atoms with Gasteiger partial charge in [-0.25, -0.2) is 4.79 Å². The van der Waals surface area contributed by atoms with Gasteiger partial charge in [0.05, 0.1) is 5.56 Å². The van der Waals surface area contributed by atoms with E-state index in [1.165, 1.54) is 0 Å². The lowest BCUT2D eigenvalue weighted by Crippen LogP contribution is -2.40. The minimum Gasteiger partial charge on any atom is -0.478 e. The van der Waals surface area contributed by atoms with Gasteiger partial charge in [0.25, 0.3) is 0 Å². The molecule has 0 spiro atoms. The smallest absolute Gasteiger partial charge is 0.335 e. The average Bonchev–Trinajstić information content (AvgIpc) is 2.67. The standard InChI is InChI=1S/C22H35NO4/c1-4-6-14-26-22(27-15-7-5-2)18-10-12-23(13-11-18)19-8-9-20(21(24)25)17(3)16-19/h8-9,16,18,22H,4-7,10-15H2,1-3H3,(H,24,25). The maximum atomic E-state index is 11.2. The van der Waals surface area contributed by atoms with Crippen molar-refractivity contribution in [3.63, 3.8) is 0 Å². The highest BCUT2D eigenvalue weighted by Crippen LogP contribution is 2.28. The Hall–Kier alpha value is -1.59. The molecule has 1 heterocycles. The largest absolute Gasteiger partial charge is 0.478 e. The van der Waals surface area contributed by atoms with E-state index >= 15 is 0 Å². The van der Waals surface area contributed by atoms with E-state index in [-0.39, 0.29) is 6.29 Å². The molecule has 0 aliphatic carbocycles. The van der Waals surface area contributed by atoms with Gasteiger partial charge in [-0.2, -0.15) is 0 Å². The first-order valence-corrected chi connectivity index (χ1v) is 10.4. The number of ether oxygens (including phenoxy) is 2. The van der Waals surface area contributed by atoms with Crippen molar-refractivity contribution in [1.82, 2.24) is 0 Å². The normalized spacial score (nSPS) is 15.5. The zero-order valence-electron chi connectivity index (χ0n) is 17.1. The van der Waals surface area contributed by atoms with Crippen LogP contribution in [-0.4, -0.2) is 43.7 Å². The Labute approximate surface area is 163 Å². The van der Waals surface area contributed by atoms with Gasteiger partial charge in [0.15, 0.2) is 6.29 Å². The van der Waals surface area contributed by atoms with Crippen LogP contribution in [0.2, 0.25) is 0 Å². The van der Waals surface area contributed by atoms with Gasteiger partial charge in [-0.3, -0.25) is 0 Å². The molecule has 1 aromatic carbocycles. The number of hydrogen-bond donors (Lipinski definition) is 1. The van der Waals surface area contributed by atoms with Gasteiger partial charge in [0.2, 0.25) is 0 Å². The minimum atomic E-state index is -0.867. The summed E-state index contributed by atoms with van der Waals surface area (Å²) < 4.78 is 12.1. The molecule has 1 aliphatic rings. The molecule has 0 radical (unpaired) electrons. The molecular formula is C22H35NO4. The number of aromatic carboxylic acids is 1. The van der Waals surface area contributed by atoms with E-state index in [9.17, 15) is 9.90 Å². The summed E-state index contributed by atoms with van der Waals surface area (Å²) >= 11 is 0. The van der Waals surface area contributed by atoms with Gasteiger partial charge >= 0.3 is 5.97 Å². The number of benzene rings is 1. The molecule has 0 saturated carbocycles. The van der Waals surface area contributed by atoms with Crippen LogP contribution < -0.4 is 4.90 Å². The van der Waals surface area contributed by atoms with Crippen molar-refractivity contribution < 1.29 is 19.4 Å². The van der Waals surface area contributed by atoms with E-state index in [0.717, 1.165) is 76.1 Å². The van der Waals surface area contributed by atoms with E-state index in [2.05, 4.69) is 18.7 Å². The molecule has 2 rings (SSSR count).